The molecular weight excluding hydrogens is 402 g/mol. The number of guanidine groups is 1. The van der Waals surface area contributed by atoms with Gasteiger partial charge in [-0.15, -0.1) is 11.3 Å². The highest BCUT2D eigenvalue weighted by atomic mass is 35.5. The first kappa shape index (κ1) is 22.1. The molecule has 3 rings (SSSR count). The van der Waals surface area contributed by atoms with Crippen molar-refractivity contribution in [1.29, 1.82) is 0 Å². The van der Waals surface area contributed by atoms with E-state index in [1.165, 1.54) is 10.6 Å². The predicted octanol–water partition coefficient (Wildman–Crippen LogP) is 4.64. The molecule has 1 aliphatic heterocycles. The molecule has 1 aliphatic rings. The highest BCUT2D eigenvalue weighted by Gasteiger charge is 2.20. The van der Waals surface area contributed by atoms with Crippen LogP contribution in [0.1, 0.15) is 55.8 Å². The molecule has 1 aromatic heterocycles. The number of rotatable bonds is 7. The van der Waals surface area contributed by atoms with Crippen LogP contribution in [0.3, 0.4) is 0 Å². The van der Waals surface area contributed by atoms with Gasteiger partial charge in [0.15, 0.2) is 5.96 Å². The van der Waals surface area contributed by atoms with Gasteiger partial charge in [-0.1, -0.05) is 37.6 Å². The maximum atomic E-state index is 5.98. The number of aliphatic imine (C=N–C) groups is 1. The molecule has 2 N–H and O–H groups in total. The summed E-state index contributed by atoms with van der Waals surface area (Å²) in [6.45, 7) is 11.1. The van der Waals surface area contributed by atoms with Crippen LogP contribution in [-0.2, 0) is 13.1 Å². The number of nitrogens with one attached hydrogen (secondary N) is 2. The summed E-state index contributed by atoms with van der Waals surface area (Å²) in [7, 11) is 0. The highest BCUT2D eigenvalue weighted by molar-refractivity contribution is 7.09. The molecule has 29 heavy (non-hydrogen) atoms. The number of hydrogen-bond donors (Lipinski definition) is 2. The number of likely N-dealkylation sites (tertiary alicyclic amines) is 1. The van der Waals surface area contributed by atoms with Crippen molar-refractivity contribution in [2.75, 3.05) is 19.6 Å². The van der Waals surface area contributed by atoms with Crippen LogP contribution < -0.4 is 10.6 Å². The number of piperidine rings is 1. The van der Waals surface area contributed by atoms with Crippen LogP contribution >= 0.6 is 22.9 Å². The second-order valence-electron chi connectivity index (χ2n) is 7.85. The Labute approximate surface area is 183 Å². The summed E-state index contributed by atoms with van der Waals surface area (Å²) in [5.74, 6) is 1.37. The fourth-order valence-corrected chi connectivity index (χ4v) is 4.37. The summed E-state index contributed by atoms with van der Waals surface area (Å²) in [5.41, 5.74) is 2.37. The molecule has 0 unspecified atom stereocenters. The Kier molecular flexibility index (Phi) is 8.33. The number of hydrogen-bond acceptors (Lipinski definition) is 4. The average molecular weight is 434 g/mol. The molecule has 1 saturated heterocycles. The van der Waals surface area contributed by atoms with Crippen LogP contribution in [-0.4, -0.2) is 41.5 Å². The molecule has 0 bridgehead atoms. The van der Waals surface area contributed by atoms with E-state index in [-0.39, 0.29) is 0 Å². The predicted molar refractivity (Wildman–Crippen MR) is 124 cm³/mol. The summed E-state index contributed by atoms with van der Waals surface area (Å²) in [5, 5.41) is 11.1. The zero-order valence-corrected chi connectivity index (χ0v) is 19.2. The van der Waals surface area contributed by atoms with Crippen molar-refractivity contribution in [2.24, 2.45) is 4.99 Å². The van der Waals surface area contributed by atoms with Crippen LogP contribution in [0.4, 0.5) is 0 Å². The van der Waals surface area contributed by atoms with E-state index < -0.39 is 0 Å². The molecule has 0 saturated carbocycles. The van der Waals surface area contributed by atoms with Gasteiger partial charge >= 0.3 is 0 Å². The molecule has 0 amide bonds. The van der Waals surface area contributed by atoms with Crippen LogP contribution in [0.5, 0.6) is 0 Å². The van der Waals surface area contributed by atoms with Crippen molar-refractivity contribution < 1.29 is 0 Å². The second-order valence-corrected chi connectivity index (χ2v) is 9.17. The topological polar surface area (TPSA) is 52.6 Å². The van der Waals surface area contributed by atoms with Gasteiger partial charge < -0.3 is 10.6 Å². The normalized spacial score (nSPS) is 16.4. The molecule has 1 fully saturated rings. The fraction of sp³-hybridized carbons (Fsp3) is 0.545. The van der Waals surface area contributed by atoms with Crippen molar-refractivity contribution in [3.05, 3.63) is 50.9 Å². The summed E-state index contributed by atoms with van der Waals surface area (Å²) >= 11 is 7.71. The Morgan fingerprint density at radius 2 is 2.00 bits per heavy atom. The number of aromatic nitrogens is 1. The molecule has 5 nitrogen and oxygen atoms in total. The molecule has 0 radical (unpaired) electrons. The van der Waals surface area contributed by atoms with Gasteiger partial charge in [0.25, 0.3) is 0 Å². The van der Waals surface area contributed by atoms with E-state index in [9.17, 15) is 0 Å². The van der Waals surface area contributed by atoms with Gasteiger partial charge in [-0.3, -0.25) is 4.90 Å². The number of benzene rings is 1. The first-order valence-electron chi connectivity index (χ1n) is 10.5. The quantitative estimate of drug-likeness (QED) is 0.493. The van der Waals surface area contributed by atoms with E-state index in [0.717, 1.165) is 55.7 Å². The van der Waals surface area contributed by atoms with E-state index >= 15 is 0 Å². The van der Waals surface area contributed by atoms with Gasteiger partial charge in [0.05, 0.1) is 17.2 Å². The summed E-state index contributed by atoms with van der Waals surface area (Å²) < 4.78 is 0. The van der Waals surface area contributed by atoms with Gasteiger partial charge in [0.1, 0.15) is 0 Å². The zero-order chi connectivity index (χ0) is 20.6. The fourth-order valence-electron chi connectivity index (χ4n) is 3.42. The third kappa shape index (κ3) is 6.98. The molecule has 7 heteroatoms. The minimum Gasteiger partial charge on any atom is -0.357 e. The lowest BCUT2D eigenvalue weighted by molar-refractivity contribution is 0.198. The van der Waals surface area contributed by atoms with Gasteiger partial charge in [0, 0.05) is 48.5 Å². The highest BCUT2D eigenvalue weighted by Crippen LogP contribution is 2.19. The Bertz CT molecular complexity index is 779. The van der Waals surface area contributed by atoms with Crippen molar-refractivity contribution in [3.63, 3.8) is 0 Å². The lowest BCUT2D eigenvalue weighted by Crippen LogP contribution is -2.48. The summed E-state index contributed by atoms with van der Waals surface area (Å²) in [6.07, 6.45) is 2.23. The lowest BCUT2D eigenvalue weighted by atomic mass is 10.0. The van der Waals surface area contributed by atoms with Gasteiger partial charge in [-0.25, -0.2) is 9.98 Å². The van der Waals surface area contributed by atoms with Crippen LogP contribution in [0.15, 0.2) is 34.6 Å². The largest absolute Gasteiger partial charge is 0.357 e. The van der Waals surface area contributed by atoms with E-state index in [1.807, 2.05) is 12.1 Å². The number of nitrogens with zero attached hydrogens (tertiary/aromatic N) is 3. The Morgan fingerprint density at radius 3 is 2.62 bits per heavy atom. The molecule has 0 spiro atoms. The minimum absolute atomic E-state index is 0.455. The Balaban J connectivity index is 1.48. The van der Waals surface area contributed by atoms with Gasteiger partial charge in [-0.05, 0) is 37.5 Å². The molecule has 0 aliphatic carbocycles. The van der Waals surface area contributed by atoms with Crippen molar-refractivity contribution in [2.45, 2.75) is 58.7 Å². The summed E-state index contributed by atoms with van der Waals surface area (Å²) in [4.78, 5) is 12.0. The molecule has 2 aromatic rings. The first-order valence-corrected chi connectivity index (χ1v) is 11.7. The smallest absolute Gasteiger partial charge is 0.191 e. The Hall–Kier alpha value is -1.63. The van der Waals surface area contributed by atoms with E-state index in [0.29, 0.717) is 18.5 Å². The lowest BCUT2D eigenvalue weighted by Gasteiger charge is -2.33. The number of halogens is 1. The SMILES string of the molecule is CCNC(=NCc1csc(C(C)C)n1)NC1CCN(Cc2ccc(Cl)cc2)CC1. The van der Waals surface area contributed by atoms with Crippen molar-refractivity contribution in [3.8, 4) is 0 Å². The van der Waals surface area contributed by atoms with Crippen molar-refractivity contribution >= 4 is 28.9 Å². The number of thiazole rings is 1. The van der Waals surface area contributed by atoms with Gasteiger partial charge in [-0.2, -0.15) is 0 Å². The summed E-state index contributed by atoms with van der Waals surface area (Å²) in [6, 6.07) is 8.63. The molecule has 2 heterocycles. The maximum Gasteiger partial charge on any atom is 0.191 e. The Morgan fingerprint density at radius 1 is 1.28 bits per heavy atom. The van der Waals surface area contributed by atoms with Crippen LogP contribution in [0.2, 0.25) is 5.02 Å². The molecule has 0 atom stereocenters. The monoisotopic (exact) mass is 433 g/mol. The van der Waals surface area contributed by atoms with E-state index in [1.54, 1.807) is 11.3 Å². The van der Waals surface area contributed by atoms with Gasteiger partial charge in [0.2, 0.25) is 0 Å². The minimum atomic E-state index is 0.455. The first-order chi connectivity index (χ1) is 14.0. The van der Waals surface area contributed by atoms with Crippen molar-refractivity contribution in [1.82, 2.24) is 20.5 Å². The molecule has 1 aromatic carbocycles. The standard InChI is InChI=1S/C22H32ClN5S/c1-4-24-22(25-13-20-15-29-21(26-20)16(2)3)27-19-9-11-28(12-10-19)14-17-5-7-18(23)8-6-17/h5-8,15-16,19H,4,9-14H2,1-3H3,(H2,24,25,27). The van der Waals surface area contributed by atoms with Crippen LogP contribution in [0, 0.1) is 0 Å². The van der Waals surface area contributed by atoms with E-state index in [4.69, 9.17) is 16.6 Å². The average Bonchev–Trinajstić information content (AvgIpc) is 3.19. The molecule has 158 valence electrons. The molecular formula is C22H32ClN5S. The maximum absolute atomic E-state index is 5.98. The van der Waals surface area contributed by atoms with Crippen LogP contribution in [0.25, 0.3) is 0 Å². The van der Waals surface area contributed by atoms with E-state index in [2.05, 4.69) is 58.8 Å². The third-order valence-electron chi connectivity index (χ3n) is 5.05. The zero-order valence-electron chi connectivity index (χ0n) is 17.6. The second kappa shape index (κ2) is 11.0. The third-order valence-corrected chi connectivity index (χ3v) is 6.50.